The Labute approximate surface area is 165 Å². The van der Waals surface area contributed by atoms with Gasteiger partial charge in [0.15, 0.2) is 4.80 Å². The van der Waals surface area contributed by atoms with Crippen LogP contribution in [0.2, 0.25) is 0 Å². The second kappa shape index (κ2) is 9.01. The van der Waals surface area contributed by atoms with E-state index >= 15 is 0 Å². The van der Waals surface area contributed by atoms with E-state index in [2.05, 4.69) is 11.9 Å². The first-order valence-corrected chi connectivity index (χ1v) is 10.5. The molecule has 5 nitrogen and oxygen atoms in total. The summed E-state index contributed by atoms with van der Waals surface area (Å²) in [5, 5.41) is 0. The van der Waals surface area contributed by atoms with Crippen molar-refractivity contribution in [3.63, 3.8) is 0 Å². The summed E-state index contributed by atoms with van der Waals surface area (Å²) in [7, 11) is 0. The van der Waals surface area contributed by atoms with E-state index in [1.807, 2.05) is 36.4 Å². The smallest absolute Gasteiger partial charge is 0.326 e. The lowest BCUT2D eigenvalue weighted by Gasteiger charge is -2.05. The van der Waals surface area contributed by atoms with Crippen LogP contribution in [0.3, 0.4) is 0 Å². The first-order chi connectivity index (χ1) is 13.1. The van der Waals surface area contributed by atoms with E-state index < -0.39 is 0 Å². The highest BCUT2D eigenvalue weighted by Gasteiger charge is 2.12. The fraction of sp³-hybridized carbons (Fsp3) is 0.250. The van der Waals surface area contributed by atoms with Gasteiger partial charge in [-0.3, -0.25) is 9.59 Å². The van der Waals surface area contributed by atoms with Crippen LogP contribution in [0, 0.1) is 0 Å². The predicted octanol–water partition coefficient (Wildman–Crippen LogP) is 4.12. The van der Waals surface area contributed by atoms with Crippen LogP contribution in [0.5, 0.6) is 0 Å². The number of hydrogen-bond donors (Lipinski definition) is 0. The van der Waals surface area contributed by atoms with Gasteiger partial charge in [-0.05, 0) is 49.1 Å². The number of ether oxygens (including phenoxy) is 1. The molecule has 0 bridgehead atoms. The largest absolute Gasteiger partial charge is 0.465 e. The summed E-state index contributed by atoms with van der Waals surface area (Å²) in [6, 6.07) is 15.1. The zero-order valence-corrected chi connectivity index (χ0v) is 16.8. The number of esters is 1. The Bertz CT molecular complexity index is 1020. The maximum Gasteiger partial charge on any atom is 0.326 e. The Morgan fingerprint density at radius 1 is 1.11 bits per heavy atom. The van der Waals surface area contributed by atoms with Crippen LogP contribution in [0.15, 0.2) is 58.4 Å². The molecule has 0 fully saturated rings. The molecule has 0 aliphatic heterocycles. The van der Waals surface area contributed by atoms with Crippen molar-refractivity contribution in [3.8, 4) is 0 Å². The molecule has 0 radical (unpaired) electrons. The SMILES string of the molecule is CCOC(=O)Cn1c(=NC(=O)c2ccc(SCC)cc2)sc2ccccc21. The van der Waals surface area contributed by atoms with Crippen molar-refractivity contribution in [2.75, 3.05) is 12.4 Å². The Kier molecular flexibility index (Phi) is 6.47. The molecule has 1 aromatic heterocycles. The predicted molar refractivity (Wildman–Crippen MR) is 109 cm³/mol. The minimum atomic E-state index is -0.351. The second-order valence-electron chi connectivity index (χ2n) is 5.62. The second-order valence-corrected chi connectivity index (χ2v) is 7.96. The van der Waals surface area contributed by atoms with Crippen LogP contribution in [0.1, 0.15) is 24.2 Å². The number of para-hydroxylation sites is 1. The maximum atomic E-state index is 12.6. The summed E-state index contributed by atoms with van der Waals surface area (Å²) >= 11 is 3.10. The Balaban J connectivity index is 1.98. The highest BCUT2D eigenvalue weighted by molar-refractivity contribution is 7.99. The molecule has 27 heavy (non-hydrogen) atoms. The number of nitrogens with zero attached hydrogens (tertiary/aromatic N) is 2. The molecule has 0 N–H and O–H groups in total. The van der Waals surface area contributed by atoms with Crippen molar-refractivity contribution in [1.82, 2.24) is 4.57 Å². The molecule has 0 atom stereocenters. The molecule has 3 rings (SSSR count). The van der Waals surface area contributed by atoms with Gasteiger partial charge >= 0.3 is 5.97 Å². The van der Waals surface area contributed by atoms with Crippen molar-refractivity contribution >= 4 is 45.2 Å². The molecule has 1 heterocycles. The number of hydrogen-bond acceptors (Lipinski definition) is 5. The van der Waals surface area contributed by atoms with Gasteiger partial charge in [-0.2, -0.15) is 4.99 Å². The number of carbonyl (C=O) groups excluding carboxylic acids is 2. The molecule has 3 aromatic rings. The van der Waals surface area contributed by atoms with Crippen molar-refractivity contribution < 1.29 is 14.3 Å². The van der Waals surface area contributed by atoms with Crippen LogP contribution in [-0.4, -0.2) is 28.8 Å². The third-order valence-electron chi connectivity index (χ3n) is 3.79. The van der Waals surface area contributed by atoms with Gasteiger partial charge in [-0.25, -0.2) is 0 Å². The van der Waals surface area contributed by atoms with E-state index in [1.165, 1.54) is 11.3 Å². The molecule has 0 saturated carbocycles. The Hall–Kier alpha value is -2.38. The van der Waals surface area contributed by atoms with E-state index in [1.54, 1.807) is 35.4 Å². The first kappa shape index (κ1) is 19.4. The number of aromatic nitrogens is 1. The van der Waals surface area contributed by atoms with Crippen LogP contribution >= 0.6 is 23.1 Å². The average Bonchev–Trinajstić information content (AvgIpc) is 3.00. The number of benzene rings is 2. The number of fused-ring (bicyclic) bond motifs is 1. The highest BCUT2D eigenvalue weighted by Crippen LogP contribution is 2.19. The third-order valence-corrected chi connectivity index (χ3v) is 5.74. The summed E-state index contributed by atoms with van der Waals surface area (Å²) < 4.78 is 7.76. The molecule has 1 amide bonds. The first-order valence-electron chi connectivity index (χ1n) is 8.68. The maximum absolute atomic E-state index is 12.6. The number of thioether (sulfide) groups is 1. The van der Waals surface area contributed by atoms with E-state index in [4.69, 9.17) is 4.74 Å². The van der Waals surface area contributed by atoms with E-state index in [-0.39, 0.29) is 18.4 Å². The van der Waals surface area contributed by atoms with Gasteiger partial charge in [0.1, 0.15) is 6.54 Å². The molecular formula is C20H20N2O3S2. The van der Waals surface area contributed by atoms with Gasteiger partial charge in [-0.1, -0.05) is 30.4 Å². The highest BCUT2D eigenvalue weighted by atomic mass is 32.2. The van der Waals surface area contributed by atoms with Crippen LogP contribution < -0.4 is 4.80 Å². The molecule has 0 spiro atoms. The lowest BCUT2D eigenvalue weighted by atomic mass is 10.2. The minimum Gasteiger partial charge on any atom is -0.465 e. The topological polar surface area (TPSA) is 60.7 Å². The fourth-order valence-corrected chi connectivity index (χ4v) is 4.30. The van der Waals surface area contributed by atoms with Gasteiger partial charge < -0.3 is 9.30 Å². The summed E-state index contributed by atoms with van der Waals surface area (Å²) in [5.41, 5.74) is 1.38. The molecule has 0 aliphatic carbocycles. The summed E-state index contributed by atoms with van der Waals surface area (Å²) in [6.07, 6.45) is 0. The number of rotatable bonds is 6. The monoisotopic (exact) mass is 400 g/mol. The molecule has 140 valence electrons. The quantitative estimate of drug-likeness (QED) is 0.461. The zero-order chi connectivity index (χ0) is 19.2. The molecule has 0 unspecified atom stereocenters. The standard InChI is InChI=1S/C20H20N2O3S2/c1-3-25-18(23)13-22-16-7-5-6-8-17(16)27-20(22)21-19(24)14-9-11-15(12-10-14)26-4-2/h5-12H,3-4,13H2,1-2H3. The van der Waals surface area contributed by atoms with Gasteiger partial charge in [-0.15, -0.1) is 11.8 Å². The molecule has 0 aliphatic rings. The molecule has 7 heteroatoms. The van der Waals surface area contributed by atoms with Crippen LogP contribution in [0.4, 0.5) is 0 Å². The van der Waals surface area contributed by atoms with Gasteiger partial charge in [0.2, 0.25) is 0 Å². The average molecular weight is 401 g/mol. The van der Waals surface area contributed by atoms with Gasteiger partial charge in [0, 0.05) is 10.5 Å². The van der Waals surface area contributed by atoms with E-state index in [0.717, 1.165) is 20.9 Å². The summed E-state index contributed by atoms with van der Waals surface area (Å²) in [6.45, 7) is 4.19. The van der Waals surface area contributed by atoms with E-state index in [0.29, 0.717) is 17.0 Å². The van der Waals surface area contributed by atoms with Crippen LogP contribution in [0.25, 0.3) is 10.2 Å². The van der Waals surface area contributed by atoms with E-state index in [9.17, 15) is 9.59 Å². The lowest BCUT2D eigenvalue weighted by molar-refractivity contribution is -0.143. The zero-order valence-electron chi connectivity index (χ0n) is 15.2. The van der Waals surface area contributed by atoms with Crippen molar-refractivity contribution in [3.05, 3.63) is 58.9 Å². The van der Waals surface area contributed by atoms with Crippen molar-refractivity contribution in [2.45, 2.75) is 25.3 Å². The Morgan fingerprint density at radius 2 is 1.85 bits per heavy atom. The minimum absolute atomic E-state index is 0.0239. The number of carbonyl (C=O) groups is 2. The fourth-order valence-electron chi connectivity index (χ4n) is 2.61. The lowest BCUT2D eigenvalue weighted by Crippen LogP contribution is -2.23. The van der Waals surface area contributed by atoms with Gasteiger partial charge in [0.05, 0.1) is 16.8 Å². The number of amides is 1. The third kappa shape index (κ3) is 4.67. The molecule has 2 aromatic carbocycles. The number of thiazole rings is 1. The van der Waals surface area contributed by atoms with Gasteiger partial charge in [0.25, 0.3) is 5.91 Å². The van der Waals surface area contributed by atoms with Crippen LogP contribution in [-0.2, 0) is 16.1 Å². The normalized spacial score (nSPS) is 11.7. The van der Waals surface area contributed by atoms with Crippen molar-refractivity contribution in [2.24, 2.45) is 4.99 Å². The molecular weight excluding hydrogens is 380 g/mol. The van der Waals surface area contributed by atoms with Crippen molar-refractivity contribution in [1.29, 1.82) is 0 Å². The summed E-state index contributed by atoms with van der Waals surface area (Å²) in [4.78, 5) is 30.5. The Morgan fingerprint density at radius 3 is 2.56 bits per heavy atom. The summed E-state index contributed by atoms with van der Waals surface area (Å²) in [5.74, 6) is 0.302. The molecule has 0 saturated heterocycles.